The largest absolute Gasteiger partial charge is 0.387 e. The van der Waals surface area contributed by atoms with Crippen molar-refractivity contribution in [3.8, 4) is 0 Å². The fourth-order valence-electron chi connectivity index (χ4n) is 3.28. The van der Waals surface area contributed by atoms with Crippen LogP contribution in [0.2, 0.25) is 0 Å². The molecule has 0 aromatic carbocycles. The van der Waals surface area contributed by atoms with E-state index >= 15 is 0 Å². The van der Waals surface area contributed by atoms with E-state index in [1.54, 1.807) is 4.90 Å². The number of hydrogen-bond acceptors (Lipinski definition) is 5. The summed E-state index contributed by atoms with van der Waals surface area (Å²) in [6.07, 6.45) is 2.79. The zero-order valence-electron chi connectivity index (χ0n) is 12.9. The number of carbonyl (C=O) groups is 3. The minimum Gasteiger partial charge on any atom is -0.387 e. The van der Waals surface area contributed by atoms with Crippen molar-refractivity contribution < 1.29 is 19.5 Å². The van der Waals surface area contributed by atoms with Gasteiger partial charge in [0, 0.05) is 24.9 Å². The summed E-state index contributed by atoms with van der Waals surface area (Å²) in [6, 6.07) is 0. The van der Waals surface area contributed by atoms with Crippen LogP contribution in [0.3, 0.4) is 0 Å². The highest BCUT2D eigenvalue weighted by molar-refractivity contribution is 5.84. The van der Waals surface area contributed by atoms with Crippen LogP contribution in [0.15, 0.2) is 0 Å². The van der Waals surface area contributed by atoms with E-state index in [1.807, 2.05) is 0 Å². The Bertz CT molecular complexity index is 425. The number of amides is 2. The van der Waals surface area contributed by atoms with Crippen LogP contribution in [0, 0.1) is 11.8 Å². The molecule has 0 spiro atoms. The summed E-state index contributed by atoms with van der Waals surface area (Å²) in [5.41, 5.74) is 5.31. The monoisotopic (exact) mass is 311 g/mol. The van der Waals surface area contributed by atoms with Gasteiger partial charge in [0.05, 0.1) is 6.54 Å². The maximum Gasteiger partial charge on any atom is 0.248 e. The van der Waals surface area contributed by atoms with Crippen LogP contribution >= 0.6 is 0 Å². The van der Waals surface area contributed by atoms with Gasteiger partial charge in [0.1, 0.15) is 12.4 Å². The van der Waals surface area contributed by atoms with Crippen molar-refractivity contribution in [3.05, 3.63) is 0 Å². The third-order valence-electron chi connectivity index (χ3n) is 4.81. The molecule has 2 fully saturated rings. The lowest BCUT2D eigenvalue weighted by Crippen LogP contribution is -2.45. The highest BCUT2D eigenvalue weighted by Crippen LogP contribution is 2.21. The van der Waals surface area contributed by atoms with Gasteiger partial charge in [-0.25, -0.2) is 0 Å². The van der Waals surface area contributed by atoms with Crippen LogP contribution < -0.4 is 5.73 Å². The Kier molecular flexibility index (Phi) is 5.90. The average Bonchev–Trinajstić information content (AvgIpc) is 2.54. The van der Waals surface area contributed by atoms with Crippen LogP contribution in [0.4, 0.5) is 0 Å². The lowest BCUT2D eigenvalue weighted by molar-refractivity contribution is -0.137. The number of aliphatic hydroxyl groups is 1. The van der Waals surface area contributed by atoms with E-state index in [1.165, 1.54) is 0 Å². The van der Waals surface area contributed by atoms with Gasteiger partial charge in [-0.05, 0) is 38.8 Å². The van der Waals surface area contributed by atoms with Gasteiger partial charge in [-0.15, -0.1) is 0 Å². The van der Waals surface area contributed by atoms with Crippen LogP contribution in [0.1, 0.15) is 25.7 Å². The molecule has 0 aliphatic carbocycles. The Morgan fingerprint density at radius 1 is 0.955 bits per heavy atom. The van der Waals surface area contributed by atoms with Crippen molar-refractivity contribution in [3.63, 3.8) is 0 Å². The standard InChI is InChI=1S/C15H25N3O4/c16-15(22)12-1-5-17(6-2-12)9-13(20)11-3-7-18(8-4-11)14(21)10-19/h11-12,19H,1-10H2,(H2,16,22). The van der Waals surface area contributed by atoms with Gasteiger partial charge >= 0.3 is 0 Å². The first-order valence-corrected chi connectivity index (χ1v) is 7.94. The van der Waals surface area contributed by atoms with Gasteiger partial charge in [0.25, 0.3) is 0 Å². The summed E-state index contributed by atoms with van der Waals surface area (Å²) in [6.45, 7) is 2.51. The van der Waals surface area contributed by atoms with Crippen molar-refractivity contribution >= 4 is 17.6 Å². The summed E-state index contributed by atoms with van der Waals surface area (Å²) in [4.78, 5) is 38.6. The molecule has 0 bridgehead atoms. The molecule has 0 saturated carbocycles. The van der Waals surface area contributed by atoms with Crippen molar-refractivity contribution in [1.82, 2.24) is 9.80 Å². The maximum absolute atomic E-state index is 12.3. The number of nitrogens with zero attached hydrogens (tertiary/aromatic N) is 2. The summed E-state index contributed by atoms with van der Waals surface area (Å²) in [7, 11) is 0. The van der Waals surface area contributed by atoms with E-state index in [4.69, 9.17) is 10.8 Å². The molecule has 2 saturated heterocycles. The van der Waals surface area contributed by atoms with Gasteiger partial charge in [0.15, 0.2) is 0 Å². The normalized spacial score (nSPS) is 21.8. The Hall–Kier alpha value is -1.47. The summed E-state index contributed by atoms with van der Waals surface area (Å²) < 4.78 is 0. The third kappa shape index (κ3) is 4.27. The molecule has 2 aliphatic rings. The number of piperidine rings is 2. The molecule has 3 N–H and O–H groups in total. The lowest BCUT2D eigenvalue weighted by Gasteiger charge is -2.34. The SMILES string of the molecule is NC(=O)C1CCN(CC(=O)C2CCN(C(=O)CO)CC2)CC1. The molecule has 0 radical (unpaired) electrons. The molecule has 2 heterocycles. The molecule has 0 aromatic rings. The van der Waals surface area contributed by atoms with Crippen molar-refractivity contribution in [2.75, 3.05) is 39.3 Å². The number of rotatable bonds is 5. The Labute approximate surface area is 130 Å². The predicted molar refractivity (Wildman–Crippen MR) is 79.8 cm³/mol. The molecule has 22 heavy (non-hydrogen) atoms. The van der Waals surface area contributed by atoms with Crippen LogP contribution in [0.25, 0.3) is 0 Å². The highest BCUT2D eigenvalue weighted by atomic mass is 16.3. The Morgan fingerprint density at radius 2 is 1.50 bits per heavy atom. The van der Waals surface area contributed by atoms with E-state index in [-0.39, 0.29) is 29.4 Å². The third-order valence-corrected chi connectivity index (χ3v) is 4.81. The first kappa shape index (κ1) is 16.9. The zero-order chi connectivity index (χ0) is 16.1. The fourth-order valence-corrected chi connectivity index (χ4v) is 3.28. The molecule has 0 atom stereocenters. The minimum atomic E-state index is -0.465. The second-order valence-corrected chi connectivity index (χ2v) is 6.23. The number of hydrogen-bond donors (Lipinski definition) is 2. The Balaban J connectivity index is 1.73. The number of Topliss-reactive ketones (excluding diaryl/α,β-unsaturated/α-hetero) is 1. The molecular formula is C15H25N3O4. The second-order valence-electron chi connectivity index (χ2n) is 6.23. The number of primary amides is 1. The topological polar surface area (TPSA) is 104 Å². The molecule has 7 nitrogen and oxygen atoms in total. The summed E-state index contributed by atoms with van der Waals surface area (Å²) in [5.74, 6) is -0.351. The molecule has 2 amide bonds. The molecule has 0 aromatic heterocycles. The van der Waals surface area contributed by atoms with Gasteiger partial charge in [-0.1, -0.05) is 0 Å². The van der Waals surface area contributed by atoms with Crippen molar-refractivity contribution in [2.45, 2.75) is 25.7 Å². The molecular weight excluding hydrogens is 286 g/mol. The smallest absolute Gasteiger partial charge is 0.248 e. The first-order chi connectivity index (χ1) is 10.5. The van der Waals surface area contributed by atoms with E-state index in [9.17, 15) is 14.4 Å². The van der Waals surface area contributed by atoms with Crippen molar-refractivity contribution in [1.29, 1.82) is 0 Å². The van der Waals surface area contributed by atoms with Crippen LogP contribution in [0.5, 0.6) is 0 Å². The number of likely N-dealkylation sites (tertiary alicyclic amines) is 2. The second kappa shape index (κ2) is 7.69. The average molecular weight is 311 g/mol. The fraction of sp³-hybridized carbons (Fsp3) is 0.800. The van der Waals surface area contributed by atoms with Crippen molar-refractivity contribution in [2.24, 2.45) is 17.6 Å². The lowest BCUT2D eigenvalue weighted by atomic mass is 9.91. The first-order valence-electron chi connectivity index (χ1n) is 7.94. The summed E-state index contributed by atoms with van der Waals surface area (Å²) in [5, 5.41) is 8.84. The van der Waals surface area contributed by atoms with Gasteiger partial charge < -0.3 is 15.7 Å². The van der Waals surface area contributed by atoms with Crippen LogP contribution in [-0.4, -0.2) is 71.8 Å². The van der Waals surface area contributed by atoms with Gasteiger partial charge in [0.2, 0.25) is 11.8 Å². The van der Waals surface area contributed by atoms with Gasteiger partial charge in [-0.2, -0.15) is 0 Å². The highest BCUT2D eigenvalue weighted by Gasteiger charge is 2.29. The number of nitrogens with two attached hydrogens (primary N) is 1. The minimum absolute atomic E-state index is 0.00314. The molecule has 0 unspecified atom stereocenters. The van der Waals surface area contributed by atoms with Crippen LogP contribution in [-0.2, 0) is 14.4 Å². The predicted octanol–water partition coefficient (Wildman–Crippen LogP) is -1.02. The quantitative estimate of drug-likeness (QED) is 0.676. The van der Waals surface area contributed by atoms with E-state index in [2.05, 4.69) is 4.90 Å². The molecule has 2 rings (SSSR count). The van der Waals surface area contributed by atoms with E-state index < -0.39 is 6.61 Å². The van der Waals surface area contributed by atoms with Gasteiger partial charge in [-0.3, -0.25) is 19.3 Å². The van der Waals surface area contributed by atoms with E-state index in [0.29, 0.717) is 32.5 Å². The number of ketones is 1. The Morgan fingerprint density at radius 3 is 2.00 bits per heavy atom. The number of aliphatic hydroxyl groups excluding tert-OH is 1. The zero-order valence-corrected chi connectivity index (χ0v) is 12.9. The molecule has 7 heteroatoms. The molecule has 124 valence electrons. The maximum atomic E-state index is 12.3. The number of carbonyl (C=O) groups excluding carboxylic acids is 3. The summed E-state index contributed by atoms with van der Waals surface area (Å²) >= 11 is 0. The molecule has 2 aliphatic heterocycles. The van der Waals surface area contributed by atoms with E-state index in [0.717, 1.165) is 25.9 Å².